The smallest absolute Gasteiger partial charge is 0.270 e. The molecule has 1 aliphatic rings. The molecule has 7 heteroatoms. The highest BCUT2D eigenvalue weighted by Gasteiger charge is 2.34. The summed E-state index contributed by atoms with van der Waals surface area (Å²) >= 11 is 5.27. The molecule has 1 aliphatic heterocycles. The second-order valence-electron chi connectivity index (χ2n) is 7.20. The normalized spacial score (nSPS) is 14.8. The van der Waals surface area contributed by atoms with Gasteiger partial charge in [0.15, 0.2) is 5.11 Å². The van der Waals surface area contributed by atoms with Crippen LogP contribution in [-0.2, 0) is 16.0 Å². The molecule has 0 saturated carbocycles. The highest BCUT2D eigenvalue weighted by Crippen LogP contribution is 2.29. The van der Waals surface area contributed by atoms with Gasteiger partial charge >= 0.3 is 0 Å². The first-order valence-electron chi connectivity index (χ1n) is 10.1. The van der Waals surface area contributed by atoms with Crippen molar-refractivity contribution in [3.8, 4) is 17.2 Å². The molecule has 2 amide bonds. The summed E-state index contributed by atoms with van der Waals surface area (Å²) in [5.74, 6) is 0.184. The van der Waals surface area contributed by atoms with Crippen molar-refractivity contribution >= 4 is 40.9 Å². The Morgan fingerprint density at radius 3 is 2.36 bits per heavy atom. The molecule has 0 atom stereocenters. The first-order chi connectivity index (χ1) is 16.0. The first-order valence-corrected chi connectivity index (χ1v) is 10.5. The van der Waals surface area contributed by atoms with Crippen LogP contribution in [0.25, 0.3) is 6.08 Å². The third-order valence-electron chi connectivity index (χ3n) is 5.01. The number of phenols is 1. The fourth-order valence-electron chi connectivity index (χ4n) is 3.43. The lowest BCUT2D eigenvalue weighted by molar-refractivity contribution is -0.122. The molecule has 0 aromatic heterocycles. The van der Waals surface area contributed by atoms with Gasteiger partial charge in [0.25, 0.3) is 11.8 Å². The van der Waals surface area contributed by atoms with Crippen molar-refractivity contribution in [2.45, 2.75) is 6.42 Å². The Balaban J connectivity index is 1.64. The van der Waals surface area contributed by atoms with Gasteiger partial charge in [0.2, 0.25) is 0 Å². The maximum atomic E-state index is 13.3. The van der Waals surface area contributed by atoms with Crippen molar-refractivity contribution in [1.82, 2.24) is 5.32 Å². The lowest BCUT2D eigenvalue weighted by atomic mass is 9.99. The molecule has 0 spiro atoms. The zero-order valence-corrected chi connectivity index (χ0v) is 18.3. The highest BCUT2D eigenvalue weighted by atomic mass is 32.1. The quantitative estimate of drug-likeness (QED) is 0.242. The van der Waals surface area contributed by atoms with Crippen molar-refractivity contribution in [3.63, 3.8) is 0 Å². The van der Waals surface area contributed by atoms with Crippen LogP contribution in [0.2, 0.25) is 0 Å². The summed E-state index contributed by atoms with van der Waals surface area (Å²) in [6.07, 6.45) is 3.48. The number of thiocarbonyl (C=S) groups is 1. The van der Waals surface area contributed by atoms with Gasteiger partial charge in [-0.1, -0.05) is 36.4 Å². The molecule has 164 valence electrons. The van der Waals surface area contributed by atoms with Crippen LogP contribution >= 0.6 is 12.2 Å². The number of rotatable bonds is 6. The summed E-state index contributed by atoms with van der Waals surface area (Å²) in [5.41, 5.74) is 1.51. The van der Waals surface area contributed by atoms with Crippen LogP contribution in [0.3, 0.4) is 0 Å². The Hall–Kier alpha value is -4.23. The number of carbonyl (C=O) groups is 2. The highest BCUT2D eigenvalue weighted by molar-refractivity contribution is 7.80. The molecule has 2 N–H and O–H groups in total. The minimum absolute atomic E-state index is 0.0129. The number of amides is 2. The number of benzene rings is 3. The van der Waals surface area contributed by atoms with Gasteiger partial charge in [-0.05, 0) is 72.7 Å². The minimum atomic E-state index is -0.599. The summed E-state index contributed by atoms with van der Waals surface area (Å²) in [6.45, 7) is 3.70. The number of para-hydroxylation sites is 1. The largest absolute Gasteiger partial charge is 0.508 e. The van der Waals surface area contributed by atoms with E-state index in [1.807, 2.05) is 30.3 Å². The summed E-state index contributed by atoms with van der Waals surface area (Å²) in [5, 5.41) is 12.7. The maximum absolute atomic E-state index is 13.3. The number of anilines is 1. The minimum Gasteiger partial charge on any atom is -0.508 e. The maximum Gasteiger partial charge on any atom is 0.270 e. The predicted octanol–water partition coefficient (Wildman–Crippen LogP) is 4.74. The molecule has 0 aliphatic carbocycles. The third kappa shape index (κ3) is 4.68. The van der Waals surface area contributed by atoms with Gasteiger partial charge in [0.1, 0.15) is 22.8 Å². The van der Waals surface area contributed by atoms with Gasteiger partial charge in [0, 0.05) is 5.56 Å². The van der Waals surface area contributed by atoms with Crippen molar-refractivity contribution in [2.75, 3.05) is 4.90 Å². The lowest BCUT2D eigenvalue weighted by Gasteiger charge is -2.29. The number of aromatic hydroxyl groups is 1. The van der Waals surface area contributed by atoms with Gasteiger partial charge in [-0.25, -0.2) is 0 Å². The van der Waals surface area contributed by atoms with Crippen molar-refractivity contribution in [2.24, 2.45) is 0 Å². The molecule has 4 rings (SSSR count). The van der Waals surface area contributed by atoms with Crippen molar-refractivity contribution in [1.29, 1.82) is 0 Å². The summed E-state index contributed by atoms with van der Waals surface area (Å²) < 4.78 is 5.79. The van der Waals surface area contributed by atoms with Gasteiger partial charge in [-0.15, -0.1) is 6.58 Å². The number of nitrogens with zero attached hydrogens (tertiary/aromatic N) is 1. The second-order valence-corrected chi connectivity index (χ2v) is 7.59. The fourth-order valence-corrected chi connectivity index (χ4v) is 3.71. The van der Waals surface area contributed by atoms with E-state index in [0.29, 0.717) is 34.7 Å². The van der Waals surface area contributed by atoms with Gasteiger partial charge in [-0.2, -0.15) is 0 Å². The molecule has 1 fully saturated rings. The van der Waals surface area contributed by atoms with E-state index in [1.54, 1.807) is 48.5 Å². The Labute approximate surface area is 196 Å². The first kappa shape index (κ1) is 22.0. The number of nitrogens with one attached hydrogen (secondary N) is 1. The zero-order chi connectivity index (χ0) is 23.4. The van der Waals surface area contributed by atoms with E-state index in [-0.39, 0.29) is 16.4 Å². The number of hydrogen-bond donors (Lipinski definition) is 2. The standard InChI is InChI=1S/C26H20N2O4S/c1-2-7-21-17(8-6-11-23(21)29)16-22-24(30)27-26(33)28(25(22)31)18-12-14-20(15-13-18)32-19-9-4-3-5-10-19/h2-6,8-16,29H,1,7H2,(H,27,30,33)/b22-16+. The zero-order valence-electron chi connectivity index (χ0n) is 17.5. The number of hydrogen-bond acceptors (Lipinski definition) is 5. The predicted molar refractivity (Wildman–Crippen MR) is 131 cm³/mol. The SMILES string of the molecule is C=CCc1c(O)cccc1/C=C1\C(=O)NC(=S)N(c2ccc(Oc3ccccc3)cc2)C1=O. The Morgan fingerprint density at radius 1 is 0.970 bits per heavy atom. The Morgan fingerprint density at radius 2 is 1.67 bits per heavy atom. The van der Waals surface area contributed by atoms with Crippen molar-refractivity contribution in [3.05, 3.63) is 102 Å². The van der Waals surface area contributed by atoms with Gasteiger partial charge < -0.3 is 9.84 Å². The molecule has 0 bridgehead atoms. The van der Waals surface area contributed by atoms with E-state index < -0.39 is 11.8 Å². The van der Waals surface area contributed by atoms with Crippen LogP contribution in [0.1, 0.15) is 11.1 Å². The summed E-state index contributed by atoms with van der Waals surface area (Å²) in [4.78, 5) is 27.1. The Kier molecular flexibility index (Phi) is 6.33. The average Bonchev–Trinajstić information content (AvgIpc) is 2.80. The Bertz CT molecular complexity index is 1270. The number of allylic oxidation sites excluding steroid dienone is 1. The van der Waals surface area contributed by atoms with Crippen LogP contribution in [-0.4, -0.2) is 22.0 Å². The van der Waals surface area contributed by atoms with E-state index in [0.717, 1.165) is 0 Å². The van der Waals surface area contributed by atoms with Crippen LogP contribution in [0.5, 0.6) is 17.2 Å². The van der Waals surface area contributed by atoms with Crippen LogP contribution in [0.4, 0.5) is 5.69 Å². The topological polar surface area (TPSA) is 78.9 Å². The van der Waals surface area contributed by atoms with Crippen LogP contribution in [0.15, 0.2) is 91.0 Å². The van der Waals surface area contributed by atoms with E-state index in [9.17, 15) is 14.7 Å². The van der Waals surface area contributed by atoms with E-state index in [4.69, 9.17) is 17.0 Å². The average molecular weight is 457 g/mol. The number of carbonyl (C=O) groups excluding carboxylic acids is 2. The molecule has 3 aromatic carbocycles. The lowest BCUT2D eigenvalue weighted by Crippen LogP contribution is -2.54. The molecular formula is C26H20N2O4S. The molecule has 0 radical (unpaired) electrons. The van der Waals surface area contributed by atoms with Crippen LogP contribution < -0.4 is 15.0 Å². The molecule has 1 saturated heterocycles. The van der Waals surface area contributed by atoms with E-state index >= 15 is 0 Å². The molecule has 1 heterocycles. The summed E-state index contributed by atoms with van der Waals surface area (Å²) in [7, 11) is 0. The van der Waals surface area contributed by atoms with Gasteiger partial charge in [0.05, 0.1) is 5.69 Å². The summed E-state index contributed by atoms with van der Waals surface area (Å²) in [6, 6.07) is 21.1. The number of phenolic OH excluding ortho intramolecular Hbond substituents is 1. The molecule has 33 heavy (non-hydrogen) atoms. The van der Waals surface area contributed by atoms with E-state index in [1.165, 1.54) is 11.0 Å². The molecular weight excluding hydrogens is 436 g/mol. The molecule has 0 unspecified atom stereocenters. The molecule has 3 aromatic rings. The monoisotopic (exact) mass is 456 g/mol. The number of ether oxygens (including phenoxy) is 1. The fraction of sp³-hybridized carbons (Fsp3) is 0.0385. The van der Waals surface area contributed by atoms with Crippen LogP contribution in [0, 0.1) is 0 Å². The third-order valence-corrected chi connectivity index (χ3v) is 5.30. The molecule has 6 nitrogen and oxygen atoms in total. The second kappa shape index (κ2) is 9.50. The van der Waals surface area contributed by atoms with E-state index in [2.05, 4.69) is 11.9 Å². The van der Waals surface area contributed by atoms with Gasteiger partial charge in [-0.3, -0.25) is 19.8 Å². The van der Waals surface area contributed by atoms with Crippen molar-refractivity contribution < 1.29 is 19.4 Å².